The van der Waals surface area contributed by atoms with E-state index in [1.54, 1.807) is 21.5 Å². The van der Waals surface area contributed by atoms with Gasteiger partial charge in [0, 0.05) is 12.0 Å². The summed E-state index contributed by atoms with van der Waals surface area (Å²) in [6.45, 7) is 4.38. The van der Waals surface area contributed by atoms with E-state index in [1.165, 1.54) is 18.3 Å². The number of pyridine rings is 1. The Bertz CT molecular complexity index is 1140. The molecule has 1 aliphatic heterocycles. The molecule has 29 heavy (non-hydrogen) atoms. The average Bonchev–Trinajstić information content (AvgIpc) is 3.22. The summed E-state index contributed by atoms with van der Waals surface area (Å²) in [6, 6.07) is 7.87. The Morgan fingerprint density at radius 1 is 1.28 bits per heavy atom. The highest BCUT2D eigenvalue weighted by Crippen LogP contribution is 2.42. The first kappa shape index (κ1) is 19.4. The molecule has 3 heterocycles. The molecule has 3 aromatic rings. The minimum absolute atomic E-state index is 0.0860. The Balaban J connectivity index is 1.98. The standard InChI is InChI=1S/C21H19ClFN3O3/c1-21(2)11-25(17(27)9-22)16-8-13(7-12-3-5-14(23)6-4-12)18-15(20(28)29)10-24-26(18)19(16)21/h3-6,8,10H,7,9,11H2,1-2H3,(H,28,29). The molecule has 0 saturated heterocycles. The number of hydrogen-bond acceptors (Lipinski definition) is 3. The van der Waals surface area contributed by atoms with Gasteiger partial charge in [0.2, 0.25) is 5.91 Å². The van der Waals surface area contributed by atoms with Crippen molar-refractivity contribution in [2.45, 2.75) is 25.7 Å². The maximum atomic E-state index is 13.3. The van der Waals surface area contributed by atoms with Crippen molar-refractivity contribution >= 4 is 34.7 Å². The molecule has 6 nitrogen and oxygen atoms in total. The molecule has 4 rings (SSSR count). The van der Waals surface area contributed by atoms with Gasteiger partial charge in [-0.2, -0.15) is 5.10 Å². The zero-order valence-corrected chi connectivity index (χ0v) is 16.7. The number of alkyl halides is 1. The van der Waals surface area contributed by atoms with Crippen LogP contribution < -0.4 is 4.90 Å². The number of hydrogen-bond donors (Lipinski definition) is 1. The number of amides is 1. The number of nitrogens with zero attached hydrogens (tertiary/aromatic N) is 3. The van der Waals surface area contributed by atoms with Crippen molar-refractivity contribution in [1.29, 1.82) is 0 Å². The fourth-order valence-corrected chi connectivity index (χ4v) is 4.18. The Hall–Kier alpha value is -2.93. The number of benzene rings is 1. The van der Waals surface area contributed by atoms with Crippen LogP contribution >= 0.6 is 11.6 Å². The van der Waals surface area contributed by atoms with Crippen LogP contribution in [0.3, 0.4) is 0 Å². The van der Waals surface area contributed by atoms with E-state index in [9.17, 15) is 19.1 Å². The normalized spacial score (nSPS) is 15.0. The number of anilines is 1. The fraction of sp³-hybridized carbons (Fsp3) is 0.286. The number of carbonyl (C=O) groups excluding carboxylic acids is 1. The highest BCUT2D eigenvalue weighted by Gasteiger charge is 2.41. The van der Waals surface area contributed by atoms with Crippen LogP contribution in [0.5, 0.6) is 0 Å². The minimum atomic E-state index is -1.08. The van der Waals surface area contributed by atoms with E-state index in [2.05, 4.69) is 5.10 Å². The van der Waals surface area contributed by atoms with Crippen LogP contribution in [0, 0.1) is 5.82 Å². The molecule has 1 aromatic carbocycles. The molecule has 0 atom stereocenters. The van der Waals surface area contributed by atoms with Gasteiger partial charge in [-0.05, 0) is 35.7 Å². The van der Waals surface area contributed by atoms with Crippen LogP contribution in [0.25, 0.3) is 5.52 Å². The third-order valence-corrected chi connectivity index (χ3v) is 5.51. The highest BCUT2D eigenvalue weighted by atomic mass is 35.5. The number of aromatic nitrogens is 2. The summed E-state index contributed by atoms with van der Waals surface area (Å²) in [5.74, 6) is -1.80. The van der Waals surface area contributed by atoms with Crippen molar-refractivity contribution in [2.24, 2.45) is 0 Å². The second-order valence-electron chi connectivity index (χ2n) is 7.83. The summed E-state index contributed by atoms with van der Waals surface area (Å²) >= 11 is 5.81. The van der Waals surface area contributed by atoms with Gasteiger partial charge in [0.1, 0.15) is 17.3 Å². The van der Waals surface area contributed by atoms with Crippen molar-refractivity contribution in [2.75, 3.05) is 17.3 Å². The molecule has 0 aliphatic carbocycles. The van der Waals surface area contributed by atoms with Gasteiger partial charge in [-0.25, -0.2) is 13.7 Å². The molecule has 0 bridgehead atoms. The lowest BCUT2D eigenvalue weighted by Crippen LogP contribution is -2.34. The smallest absolute Gasteiger partial charge is 0.339 e. The second kappa shape index (κ2) is 6.84. The lowest BCUT2D eigenvalue weighted by molar-refractivity contribution is -0.116. The molecule has 2 aromatic heterocycles. The summed E-state index contributed by atoms with van der Waals surface area (Å²) in [5, 5.41) is 14.0. The van der Waals surface area contributed by atoms with E-state index in [0.717, 1.165) is 11.3 Å². The number of carboxylic acid groups (broad SMARTS) is 1. The molecule has 0 radical (unpaired) electrons. The fourth-order valence-electron chi connectivity index (χ4n) is 4.04. The van der Waals surface area contributed by atoms with Crippen molar-refractivity contribution in [3.8, 4) is 0 Å². The maximum absolute atomic E-state index is 13.3. The maximum Gasteiger partial charge on any atom is 0.339 e. The molecule has 8 heteroatoms. The molecule has 0 spiro atoms. The van der Waals surface area contributed by atoms with Gasteiger partial charge in [0.05, 0.1) is 23.1 Å². The van der Waals surface area contributed by atoms with Gasteiger partial charge < -0.3 is 10.0 Å². The van der Waals surface area contributed by atoms with Crippen molar-refractivity contribution < 1.29 is 19.1 Å². The van der Waals surface area contributed by atoms with Crippen molar-refractivity contribution in [3.05, 3.63) is 64.7 Å². The van der Waals surface area contributed by atoms with Crippen LogP contribution in [-0.2, 0) is 16.6 Å². The molecular weight excluding hydrogens is 397 g/mol. The van der Waals surface area contributed by atoms with E-state index >= 15 is 0 Å². The number of carbonyl (C=O) groups is 2. The third kappa shape index (κ3) is 3.15. The number of aromatic carboxylic acids is 1. The first-order valence-electron chi connectivity index (χ1n) is 9.11. The van der Waals surface area contributed by atoms with E-state index in [-0.39, 0.29) is 23.2 Å². The Morgan fingerprint density at radius 3 is 2.59 bits per heavy atom. The van der Waals surface area contributed by atoms with Crippen LogP contribution in [0.2, 0.25) is 0 Å². The highest BCUT2D eigenvalue weighted by molar-refractivity contribution is 6.29. The molecule has 1 amide bonds. The summed E-state index contributed by atoms with van der Waals surface area (Å²) in [7, 11) is 0. The van der Waals surface area contributed by atoms with Crippen molar-refractivity contribution in [3.63, 3.8) is 0 Å². The van der Waals surface area contributed by atoms with Gasteiger partial charge in [-0.15, -0.1) is 11.6 Å². The number of rotatable bonds is 4. The molecule has 0 saturated carbocycles. The first-order valence-corrected chi connectivity index (χ1v) is 9.64. The minimum Gasteiger partial charge on any atom is -0.478 e. The number of carboxylic acids is 1. The molecule has 1 aliphatic rings. The molecule has 150 valence electrons. The Labute approximate surface area is 171 Å². The van der Waals surface area contributed by atoms with E-state index in [0.29, 0.717) is 29.7 Å². The van der Waals surface area contributed by atoms with E-state index in [1.807, 2.05) is 19.9 Å². The van der Waals surface area contributed by atoms with Gasteiger partial charge in [0.25, 0.3) is 0 Å². The summed E-state index contributed by atoms with van der Waals surface area (Å²) in [4.78, 5) is 25.9. The van der Waals surface area contributed by atoms with Crippen LogP contribution in [0.15, 0.2) is 36.5 Å². The van der Waals surface area contributed by atoms with E-state index < -0.39 is 11.4 Å². The van der Waals surface area contributed by atoms with Crippen molar-refractivity contribution in [1.82, 2.24) is 9.61 Å². The first-order chi connectivity index (χ1) is 13.7. The zero-order valence-electron chi connectivity index (χ0n) is 15.9. The Morgan fingerprint density at radius 2 is 1.97 bits per heavy atom. The molecule has 0 fully saturated rings. The van der Waals surface area contributed by atoms with Crippen LogP contribution in [-0.4, -0.2) is 39.0 Å². The summed E-state index contributed by atoms with van der Waals surface area (Å²) < 4.78 is 14.9. The lowest BCUT2D eigenvalue weighted by atomic mass is 9.90. The SMILES string of the molecule is CC1(C)CN(C(=O)CCl)c2cc(Cc3ccc(F)cc3)c3c(C(=O)O)cnn3c21. The monoisotopic (exact) mass is 415 g/mol. The number of halogens is 2. The van der Waals surface area contributed by atoms with Gasteiger partial charge >= 0.3 is 5.97 Å². The largest absolute Gasteiger partial charge is 0.478 e. The summed E-state index contributed by atoms with van der Waals surface area (Å²) in [6.07, 6.45) is 1.70. The van der Waals surface area contributed by atoms with Crippen LogP contribution in [0.4, 0.5) is 10.1 Å². The zero-order chi connectivity index (χ0) is 20.9. The summed E-state index contributed by atoms with van der Waals surface area (Å²) in [5.41, 5.74) is 3.07. The predicted molar refractivity (Wildman–Crippen MR) is 107 cm³/mol. The molecule has 0 unspecified atom stereocenters. The quantitative estimate of drug-likeness (QED) is 0.660. The lowest BCUT2D eigenvalue weighted by Gasteiger charge is -2.19. The molecule has 1 N–H and O–H groups in total. The van der Waals surface area contributed by atoms with Gasteiger partial charge in [0.15, 0.2) is 0 Å². The number of fused-ring (bicyclic) bond motifs is 3. The third-order valence-electron chi connectivity index (χ3n) is 5.28. The molecular formula is C21H19ClFN3O3. The second-order valence-corrected chi connectivity index (χ2v) is 8.10. The van der Waals surface area contributed by atoms with Gasteiger partial charge in [-0.1, -0.05) is 26.0 Å². The average molecular weight is 416 g/mol. The van der Waals surface area contributed by atoms with Crippen LogP contribution in [0.1, 0.15) is 41.0 Å². The topological polar surface area (TPSA) is 74.9 Å². The Kier molecular flexibility index (Phi) is 4.58. The van der Waals surface area contributed by atoms with E-state index in [4.69, 9.17) is 11.6 Å². The van der Waals surface area contributed by atoms with Gasteiger partial charge in [-0.3, -0.25) is 4.79 Å². The predicted octanol–water partition coefficient (Wildman–Crippen LogP) is 3.63.